The summed E-state index contributed by atoms with van der Waals surface area (Å²) in [5.74, 6) is 0.834. The monoisotopic (exact) mass is 370 g/mol. The molecular formula is C21H30N4O2. The smallest absolute Gasteiger partial charge is 0.248 e. The number of hydrogen-bond acceptors (Lipinski definition) is 4. The Morgan fingerprint density at radius 1 is 1.26 bits per heavy atom. The molecule has 0 aliphatic carbocycles. The van der Waals surface area contributed by atoms with Gasteiger partial charge in [-0.3, -0.25) is 9.48 Å². The average molecular weight is 370 g/mol. The number of ether oxygens (including phenoxy) is 1. The Morgan fingerprint density at radius 3 is 2.56 bits per heavy atom. The highest BCUT2D eigenvalue weighted by atomic mass is 16.5. The van der Waals surface area contributed by atoms with Gasteiger partial charge in [-0.2, -0.15) is 5.10 Å². The Bertz CT molecular complexity index is 727. The predicted molar refractivity (Wildman–Crippen MR) is 106 cm³/mol. The summed E-state index contributed by atoms with van der Waals surface area (Å²) in [5.41, 5.74) is 0.792. The third-order valence-corrected chi connectivity index (χ3v) is 5.17. The van der Waals surface area contributed by atoms with Crippen LogP contribution in [0.15, 0.2) is 42.7 Å². The summed E-state index contributed by atoms with van der Waals surface area (Å²) in [6.45, 7) is 9.09. The van der Waals surface area contributed by atoms with E-state index in [0.717, 1.165) is 31.7 Å². The number of carbonyl (C=O) groups is 1. The van der Waals surface area contributed by atoms with Gasteiger partial charge in [0.05, 0.1) is 6.54 Å². The van der Waals surface area contributed by atoms with Crippen LogP contribution in [-0.4, -0.2) is 41.9 Å². The minimum absolute atomic E-state index is 0.0133. The van der Waals surface area contributed by atoms with Crippen LogP contribution in [0.25, 0.3) is 0 Å². The summed E-state index contributed by atoms with van der Waals surface area (Å²) >= 11 is 0. The number of piperidine rings is 1. The number of carbonyl (C=O) groups excluding carboxylic acids is 1. The normalized spacial score (nSPS) is 16.7. The number of nitrogens with zero attached hydrogens (tertiary/aromatic N) is 2. The van der Waals surface area contributed by atoms with Crippen LogP contribution in [0.2, 0.25) is 0 Å². The second-order valence-electron chi connectivity index (χ2n) is 8.11. The van der Waals surface area contributed by atoms with Crippen LogP contribution < -0.4 is 15.4 Å². The molecule has 3 rings (SSSR count). The zero-order valence-electron chi connectivity index (χ0n) is 16.5. The molecule has 2 N–H and O–H groups in total. The quantitative estimate of drug-likeness (QED) is 0.767. The molecule has 0 bridgehead atoms. The van der Waals surface area contributed by atoms with Crippen molar-refractivity contribution in [2.45, 2.75) is 44.6 Å². The van der Waals surface area contributed by atoms with Crippen molar-refractivity contribution in [2.75, 3.05) is 26.2 Å². The molecule has 0 unspecified atom stereocenters. The van der Waals surface area contributed by atoms with Gasteiger partial charge >= 0.3 is 0 Å². The molecule has 1 aromatic carbocycles. The molecule has 146 valence electrons. The number of nitrogens with one attached hydrogen (secondary N) is 2. The topological polar surface area (TPSA) is 68.2 Å². The van der Waals surface area contributed by atoms with Crippen LogP contribution in [0.4, 0.5) is 0 Å². The van der Waals surface area contributed by atoms with E-state index in [2.05, 4.69) is 48.6 Å². The lowest BCUT2D eigenvalue weighted by molar-refractivity contribution is -0.132. The molecule has 0 radical (unpaired) electrons. The molecule has 1 saturated heterocycles. The maximum Gasteiger partial charge on any atom is 0.248 e. The summed E-state index contributed by atoms with van der Waals surface area (Å²) in [6, 6.07) is 10.0. The molecule has 0 saturated carbocycles. The van der Waals surface area contributed by atoms with E-state index in [4.69, 9.17) is 4.74 Å². The van der Waals surface area contributed by atoms with E-state index in [1.807, 2.05) is 24.4 Å². The highest BCUT2D eigenvalue weighted by Crippen LogP contribution is 2.27. The zero-order chi connectivity index (χ0) is 19.3. The summed E-state index contributed by atoms with van der Waals surface area (Å²) in [5, 5.41) is 10.7. The van der Waals surface area contributed by atoms with Gasteiger partial charge in [0.1, 0.15) is 17.9 Å². The van der Waals surface area contributed by atoms with E-state index >= 15 is 0 Å². The number of amides is 1. The molecule has 1 fully saturated rings. The fourth-order valence-electron chi connectivity index (χ4n) is 3.47. The van der Waals surface area contributed by atoms with Crippen molar-refractivity contribution >= 4 is 5.91 Å². The predicted octanol–water partition coefficient (Wildman–Crippen LogP) is 2.45. The van der Waals surface area contributed by atoms with Gasteiger partial charge in [0, 0.05) is 12.4 Å². The third kappa shape index (κ3) is 4.50. The summed E-state index contributed by atoms with van der Waals surface area (Å²) in [4.78, 5) is 12.9. The Kier molecular flexibility index (Phi) is 5.85. The maximum absolute atomic E-state index is 12.9. The van der Waals surface area contributed by atoms with E-state index in [-0.39, 0.29) is 11.3 Å². The van der Waals surface area contributed by atoms with Gasteiger partial charge in [0.2, 0.25) is 5.91 Å². The molecule has 6 nitrogen and oxygen atoms in total. The van der Waals surface area contributed by atoms with Crippen molar-refractivity contribution in [2.24, 2.45) is 0 Å². The fourth-order valence-corrected chi connectivity index (χ4v) is 3.47. The molecule has 1 aliphatic rings. The Balaban J connectivity index is 1.53. The van der Waals surface area contributed by atoms with Crippen molar-refractivity contribution in [3.8, 4) is 5.75 Å². The zero-order valence-corrected chi connectivity index (χ0v) is 16.5. The Labute approximate surface area is 161 Å². The number of aromatic nitrogens is 2. The first-order valence-electron chi connectivity index (χ1n) is 9.64. The number of benzene rings is 1. The van der Waals surface area contributed by atoms with Crippen molar-refractivity contribution in [1.29, 1.82) is 0 Å². The molecule has 2 aromatic rings. The number of hydrogen-bond donors (Lipinski definition) is 2. The minimum atomic E-state index is -0.608. The molecule has 0 spiro atoms. The van der Waals surface area contributed by atoms with Crippen molar-refractivity contribution in [3.05, 3.63) is 48.3 Å². The average Bonchev–Trinajstić information content (AvgIpc) is 3.20. The largest absolute Gasteiger partial charge is 0.492 e. The second kappa shape index (κ2) is 8.13. The molecular weight excluding hydrogens is 340 g/mol. The molecule has 1 amide bonds. The van der Waals surface area contributed by atoms with Gasteiger partial charge in [-0.05, 0) is 55.1 Å². The lowest BCUT2D eigenvalue weighted by Gasteiger charge is -2.36. The van der Waals surface area contributed by atoms with Gasteiger partial charge in [-0.15, -0.1) is 0 Å². The minimum Gasteiger partial charge on any atom is -0.492 e. The highest BCUT2D eigenvalue weighted by Gasteiger charge is 2.41. The van der Waals surface area contributed by atoms with Crippen LogP contribution in [0.3, 0.4) is 0 Å². The Morgan fingerprint density at radius 2 is 1.96 bits per heavy atom. The lowest BCUT2D eigenvalue weighted by atomic mass is 9.87. The van der Waals surface area contributed by atoms with E-state index in [1.54, 1.807) is 10.9 Å². The highest BCUT2D eigenvalue weighted by molar-refractivity contribution is 5.84. The number of rotatable bonds is 6. The molecule has 0 atom stereocenters. The third-order valence-electron chi connectivity index (χ3n) is 5.17. The van der Waals surface area contributed by atoms with Crippen molar-refractivity contribution in [1.82, 2.24) is 20.4 Å². The van der Waals surface area contributed by atoms with Crippen LogP contribution in [-0.2, 0) is 15.7 Å². The standard InChI is InChI=1S/C21H30N4O2/c1-20(2,3)17-5-7-18(8-6-17)27-16-14-23-19(26)21(9-12-22-13-10-21)25-15-4-11-24-25/h4-8,11,15,22H,9-10,12-14,16H2,1-3H3,(H,23,26). The van der Waals surface area contributed by atoms with E-state index < -0.39 is 5.54 Å². The lowest BCUT2D eigenvalue weighted by Crippen LogP contribution is -2.55. The summed E-state index contributed by atoms with van der Waals surface area (Å²) in [7, 11) is 0. The van der Waals surface area contributed by atoms with Gasteiger partial charge in [0.15, 0.2) is 0 Å². The van der Waals surface area contributed by atoms with Crippen molar-refractivity contribution < 1.29 is 9.53 Å². The SMILES string of the molecule is CC(C)(C)c1ccc(OCCNC(=O)C2(n3cccn3)CCNCC2)cc1. The van der Waals surface area contributed by atoms with E-state index in [9.17, 15) is 4.79 Å². The van der Waals surface area contributed by atoms with Gasteiger partial charge in [-0.1, -0.05) is 32.9 Å². The van der Waals surface area contributed by atoms with Crippen LogP contribution in [0.1, 0.15) is 39.2 Å². The molecule has 27 heavy (non-hydrogen) atoms. The van der Waals surface area contributed by atoms with Gasteiger partial charge in [-0.25, -0.2) is 0 Å². The van der Waals surface area contributed by atoms with E-state index in [1.165, 1.54) is 5.56 Å². The first kappa shape index (κ1) is 19.4. The molecule has 2 heterocycles. The van der Waals surface area contributed by atoms with E-state index in [0.29, 0.717) is 13.2 Å². The Hall–Kier alpha value is -2.34. The maximum atomic E-state index is 12.9. The van der Waals surface area contributed by atoms with Crippen LogP contribution >= 0.6 is 0 Å². The second-order valence-corrected chi connectivity index (χ2v) is 8.11. The van der Waals surface area contributed by atoms with Crippen LogP contribution in [0, 0.1) is 0 Å². The van der Waals surface area contributed by atoms with Crippen LogP contribution in [0.5, 0.6) is 5.75 Å². The van der Waals surface area contributed by atoms with Gasteiger partial charge < -0.3 is 15.4 Å². The first-order chi connectivity index (χ1) is 12.9. The molecule has 1 aromatic heterocycles. The summed E-state index contributed by atoms with van der Waals surface area (Å²) in [6.07, 6.45) is 5.06. The fraction of sp³-hybridized carbons (Fsp3) is 0.524. The van der Waals surface area contributed by atoms with Crippen molar-refractivity contribution in [3.63, 3.8) is 0 Å². The molecule has 1 aliphatic heterocycles. The summed E-state index contributed by atoms with van der Waals surface area (Å²) < 4.78 is 7.59. The molecule has 6 heteroatoms. The van der Waals surface area contributed by atoms with Gasteiger partial charge in [0.25, 0.3) is 0 Å². The first-order valence-corrected chi connectivity index (χ1v) is 9.64.